The molecule has 3 aromatic rings. The Kier molecular flexibility index (Phi) is 6.17. The van der Waals surface area contributed by atoms with Crippen molar-refractivity contribution in [2.45, 2.75) is 45.3 Å². The number of carbonyl (C=O) groups is 3. The Balaban J connectivity index is 0.00000294. The fourth-order valence-electron chi connectivity index (χ4n) is 5.14. The van der Waals surface area contributed by atoms with Gasteiger partial charge in [0, 0.05) is 20.1 Å². The minimum absolute atomic E-state index is 0. The van der Waals surface area contributed by atoms with Gasteiger partial charge in [-0.2, -0.15) is 0 Å². The Morgan fingerprint density at radius 3 is 2.42 bits per heavy atom. The lowest BCUT2D eigenvalue weighted by Gasteiger charge is -2.37. The van der Waals surface area contributed by atoms with Crippen molar-refractivity contribution in [1.82, 2.24) is 10.3 Å². The summed E-state index contributed by atoms with van der Waals surface area (Å²) in [6.07, 6.45) is 1.86. The van der Waals surface area contributed by atoms with Crippen LogP contribution in [0.4, 0.5) is 21.7 Å². The highest BCUT2D eigenvalue weighted by molar-refractivity contribution is 6.17. The fraction of sp³-hybridized carbons (Fsp3) is 0.310. The van der Waals surface area contributed by atoms with Gasteiger partial charge in [0.1, 0.15) is 17.7 Å². The summed E-state index contributed by atoms with van der Waals surface area (Å²) in [4.78, 5) is 49.5. The summed E-state index contributed by atoms with van der Waals surface area (Å²) in [5.41, 5.74) is 2.64. The molecule has 196 valence electrons. The molecule has 1 fully saturated rings. The molecule has 2 aliphatic heterocycles. The Bertz CT molecular complexity index is 1450. The predicted molar refractivity (Wildman–Crippen MR) is 144 cm³/mol. The molecule has 3 heterocycles. The molecule has 1 aromatic heterocycles. The minimum atomic E-state index is -0.604. The molecular weight excluding hydrogens is 485 g/mol. The van der Waals surface area contributed by atoms with Crippen LogP contribution in [0.2, 0.25) is 0 Å². The number of hydrogen-bond donors (Lipinski definition) is 1. The highest BCUT2D eigenvalue weighted by atomic mass is 19.1. The monoisotopic (exact) mass is 515 g/mol. The molecule has 38 heavy (non-hydrogen) atoms. The second kappa shape index (κ2) is 9.24. The van der Waals surface area contributed by atoms with Gasteiger partial charge in [0.25, 0.3) is 11.8 Å². The van der Waals surface area contributed by atoms with Gasteiger partial charge in [-0.3, -0.25) is 19.3 Å². The summed E-state index contributed by atoms with van der Waals surface area (Å²) in [6, 6.07) is 13.9. The molecule has 0 radical (unpaired) electrons. The van der Waals surface area contributed by atoms with Crippen molar-refractivity contribution in [1.29, 1.82) is 0 Å². The van der Waals surface area contributed by atoms with Crippen LogP contribution < -0.4 is 20.0 Å². The van der Waals surface area contributed by atoms with Crippen LogP contribution in [0.5, 0.6) is 0 Å². The molecular formula is C29H30FN5O3. The van der Waals surface area contributed by atoms with E-state index < -0.39 is 12.1 Å². The Morgan fingerprint density at radius 2 is 1.74 bits per heavy atom. The van der Waals surface area contributed by atoms with E-state index in [0.717, 1.165) is 12.8 Å². The van der Waals surface area contributed by atoms with Gasteiger partial charge in [0.2, 0.25) is 5.91 Å². The third-order valence-electron chi connectivity index (χ3n) is 7.48. The maximum absolute atomic E-state index is 14.1. The summed E-state index contributed by atoms with van der Waals surface area (Å²) in [5, 5.41) is 2.98. The highest BCUT2D eigenvalue weighted by Crippen LogP contribution is 2.44. The smallest absolute Gasteiger partial charge is 0.261 e. The Labute approximate surface area is 221 Å². The van der Waals surface area contributed by atoms with Crippen LogP contribution in [0.25, 0.3) is 0 Å². The maximum atomic E-state index is 14.1. The third kappa shape index (κ3) is 3.89. The van der Waals surface area contributed by atoms with Gasteiger partial charge < -0.3 is 15.1 Å². The van der Waals surface area contributed by atoms with Gasteiger partial charge in [0.05, 0.1) is 22.9 Å². The summed E-state index contributed by atoms with van der Waals surface area (Å²) in [6.45, 7) is 1.80. The molecule has 1 aliphatic carbocycles. The number of aromatic nitrogens is 1. The van der Waals surface area contributed by atoms with E-state index in [1.54, 1.807) is 72.1 Å². The van der Waals surface area contributed by atoms with E-state index in [1.165, 1.54) is 12.1 Å². The quantitative estimate of drug-likeness (QED) is 0.560. The number of nitrogens with one attached hydrogen (secondary N) is 1. The normalized spacial score (nSPS) is 20.2. The zero-order valence-corrected chi connectivity index (χ0v) is 20.7. The molecule has 3 aliphatic rings. The van der Waals surface area contributed by atoms with Gasteiger partial charge in [-0.15, -0.1) is 0 Å². The number of fused-ring (bicyclic) bond motifs is 2. The van der Waals surface area contributed by atoms with Crippen LogP contribution in [0.3, 0.4) is 0 Å². The van der Waals surface area contributed by atoms with Gasteiger partial charge >= 0.3 is 0 Å². The van der Waals surface area contributed by atoms with E-state index in [-0.39, 0.29) is 37.0 Å². The molecule has 6 rings (SSSR count). The first kappa shape index (κ1) is 25.4. The van der Waals surface area contributed by atoms with Crippen LogP contribution in [-0.2, 0) is 4.79 Å². The topological polar surface area (TPSA) is 85.8 Å². The number of hydrogen-bond acceptors (Lipinski definition) is 5. The zero-order chi connectivity index (χ0) is 26.0. The number of likely N-dealkylation sites (N-methyl/N-ethyl adjacent to an activating group) is 2. The number of benzene rings is 2. The van der Waals surface area contributed by atoms with Crippen molar-refractivity contribution >= 4 is 35.0 Å². The van der Waals surface area contributed by atoms with E-state index >= 15 is 0 Å². The summed E-state index contributed by atoms with van der Waals surface area (Å²) >= 11 is 0. The minimum Gasteiger partial charge on any atom is -0.349 e. The number of nitrogens with zero attached hydrogens (tertiary/aromatic N) is 4. The van der Waals surface area contributed by atoms with Crippen LogP contribution in [0.15, 0.2) is 54.6 Å². The predicted octanol–water partition coefficient (Wildman–Crippen LogP) is 4.30. The molecule has 3 amide bonds. The number of carbonyl (C=O) groups excluding carboxylic acids is 3. The standard InChI is InChI=1S/C28H26FN5O3.CH4/c1-15-27(36)33(3)21-13-14-22(31-25(21)32(15)2)34-24(16-7-9-17(29)10-8-16)19-5-4-6-20(23(19)28(34)37)26(35)30-18-11-12-18;/h4-10,13-15,18,24H,11-12H2,1-3H3,(H,30,35);1H4/t15-,24?;/m1./s1. The lowest BCUT2D eigenvalue weighted by molar-refractivity contribution is -0.119. The first-order valence-electron chi connectivity index (χ1n) is 12.3. The third-order valence-corrected chi connectivity index (χ3v) is 7.48. The SMILES string of the molecule is C.C[C@@H]1C(=O)N(C)c2ccc(N3C(=O)c4c(C(=O)NC5CC5)cccc4C3c3ccc(F)cc3)nc2N1C. The van der Waals surface area contributed by atoms with Crippen LogP contribution in [0, 0.1) is 5.82 Å². The molecule has 2 aromatic carbocycles. The summed E-state index contributed by atoms with van der Waals surface area (Å²) in [5.74, 6) is -0.115. The summed E-state index contributed by atoms with van der Waals surface area (Å²) < 4.78 is 13.8. The molecule has 0 spiro atoms. The Hall–Kier alpha value is -4.27. The van der Waals surface area contributed by atoms with E-state index in [0.29, 0.717) is 39.6 Å². The molecule has 1 unspecified atom stereocenters. The van der Waals surface area contributed by atoms with Crippen molar-refractivity contribution in [3.8, 4) is 0 Å². The van der Waals surface area contributed by atoms with E-state index in [9.17, 15) is 18.8 Å². The molecule has 8 nitrogen and oxygen atoms in total. The van der Waals surface area contributed by atoms with Gasteiger partial charge in [0.15, 0.2) is 5.82 Å². The molecule has 1 N–H and O–H groups in total. The average molecular weight is 516 g/mol. The number of rotatable bonds is 4. The van der Waals surface area contributed by atoms with Crippen molar-refractivity contribution < 1.29 is 18.8 Å². The van der Waals surface area contributed by atoms with Crippen molar-refractivity contribution in [2.24, 2.45) is 0 Å². The number of halogens is 1. The van der Waals surface area contributed by atoms with Gasteiger partial charge in [-0.05, 0) is 61.2 Å². The largest absolute Gasteiger partial charge is 0.349 e. The van der Waals surface area contributed by atoms with Crippen molar-refractivity contribution in [2.75, 3.05) is 28.8 Å². The van der Waals surface area contributed by atoms with Crippen LogP contribution in [-0.4, -0.2) is 48.9 Å². The van der Waals surface area contributed by atoms with E-state index in [2.05, 4.69) is 5.32 Å². The average Bonchev–Trinajstić information content (AvgIpc) is 3.67. The van der Waals surface area contributed by atoms with Gasteiger partial charge in [-0.1, -0.05) is 31.7 Å². The lowest BCUT2D eigenvalue weighted by atomic mass is 9.95. The van der Waals surface area contributed by atoms with E-state index in [4.69, 9.17) is 4.98 Å². The first-order chi connectivity index (χ1) is 17.8. The van der Waals surface area contributed by atoms with Crippen LogP contribution >= 0.6 is 0 Å². The molecule has 0 saturated heterocycles. The number of pyridine rings is 1. The highest BCUT2D eigenvalue weighted by Gasteiger charge is 2.43. The maximum Gasteiger partial charge on any atom is 0.261 e. The molecule has 1 saturated carbocycles. The lowest BCUT2D eigenvalue weighted by Crippen LogP contribution is -2.49. The zero-order valence-electron chi connectivity index (χ0n) is 20.7. The molecule has 0 bridgehead atoms. The fourth-order valence-corrected chi connectivity index (χ4v) is 5.14. The molecule has 9 heteroatoms. The van der Waals surface area contributed by atoms with Crippen LogP contribution in [0.1, 0.15) is 65.1 Å². The summed E-state index contributed by atoms with van der Waals surface area (Å²) in [7, 11) is 3.50. The van der Waals surface area contributed by atoms with Gasteiger partial charge in [-0.25, -0.2) is 9.37 Å². The first-order valence-corrected chi connectivity index (χ1v) is 12.3. The Morgan fingerprint density at radius 1 is 1.03 bits per heavy atom. The van der Waals surface area contributed by atoms with Crippen molar-refractivity contribution in [3.05, 3.63) is 82.7 Å². The van der Waals surface area contributed by atoms with E-state index in [1.807, 2.05) is 6.07 Å². The number of anilines is 3. The number of amides is 3. The molecule has 2 atom stereocenters. The second-order valence-corrected chi connectivity index (χ2v) is 9.84. The van der Waals surface area contributed by atoms with Crippen molar-refractivity contribution in [3.63, 3.8) is 0 Å². The second-order valence-electron chi connectivity index (χ2n) is 9.84.